The van der Waals surface area contributed by atoms with Gasteiger partial charge < -0.3 is 37.0 Å². The molecule has 0 saturated carbocycles. The Balaban J connectivity index is 1.69. The van der Waals surface area contributed by atoms with Gasteiger partial charge in [-0.15, -0.1) is 0 Å². The van der Waals surface area contributed by atoms with Gasteiger partial charge in [0.25, 0.3) is 0 Å². The van der Waals surface area contributed by atoms with E-state index in [4.69, 9.17) is 5.73 Å². The van der Waals surface area contributed by atoms with Crippen molar-refractivity contribution in [1.82, 2.24) is 10.6 Å². The van der Waals surface area contributed by atoms with Gasteiger partial charge in [-0.1, -0.05) is 24.3 Å². The van der Waals surface area contributed by atoms with Crippen molar-refractivity contribution < 1.29 is 34.1 Å². The van der Waals surface area contributed by atoms with E-state index in [2.05, 4.69) is 16.0 Å². The first kappa shape index (κ1) is 24.7. The molecule has 10 nitrogen and oxygen atoms in total. The lowest BCUT2D eigenvalue weighted by molar-refractivity contribution is -0.125. The van der Waals surface area contributed by atoms with Crippen LogP contribution >= 0.6 is 0 Å². The van der Waals surface area contributed by atoms with E-state index in [1.807, 2.05) is 0 Å². The highest BCUT2D eigenvalue weighted by molar-refractivity contribution is 5.97. The molecular weight excluding hydrogens is 447 g/mol. The van der Waals surface area contributed by atoms with Crippen LogP contribution in [0.1, 0.15) is 12.0 Å². The highest BCUT2D eigenvalue weighted by Gasteiger charge is 2.34. The highest BCUT2D eigenvalue weighted by atomic mass is 19.1. The predicted octanol–water partition coefficient (Wildman–Crippen LogP) is 0.286. The number of phenols is 1. The highest BCUT2D eigenvalue weighted by Crippen LogP contribution is 2.21. The minimum Gasteiger partial charge on any atom is -0.508 e. The van der Waals surface area contributed by atoms with E-state index in [-0.39, 0.29) is 29.9 Å². The summed E-state index contributed by atoms with van der Waals surface area (Å²) >= 11 is 0. The zero-order valence-electron chi connectivity index (χ0n) is 17.9. The van der Waals surface area contributed by atoms with Crippen molar-refractivity contribution in [3.63, 3.8) is 0 Å². The van der Waals surface area contributed by atoms with Gasteiger partial charge >= 0.3 is 6.03 Å². The number of benzene rings is 2. The molecular formula is C23H25FN4O6. The second-order valence-electron chi connectivity index (χ2n) is 7.89. The molecule has 8 N–H and O–H groups in total. The largest absolute Gasteiger partial charge is 0.508 e. The number of nitrogens with one attached hydrogen (secondary N) is 3. The molecule has 1 aliphatic rings. The van der Waals surface area contributed by atoms with E-state index in [0.717, 1.165) is 6.07 Å². The van der Waals surface area contributed by atoms with Crippen LogP contribution in [0.5, 0.6) is 5.75 Å². The van der Waals surface area contributed by atoms with Gasteiger partial charge in [-0.05, 0) is 35.9 Å². The lowest BCUT2D eigenvalue weighted by Crippen LogP contribution is -2.53. The maximum Gasteiger partial charge on any atom is 0.319 e. The Morgan fingerprint density at radius 1 is 1.12 bits per heavy atom. The number of aliphatic hydroxyl groups is 2. The number of nitrogens with two attached hydrogens (primary N) is 1. The number of rotatable bonds is 7. The second kappa shape index (κ2) is 10.8. The number of hydrogen-bond donors (Lipinski definition) is 7. The molecule has 2 aromatic carbocycles. The molecule has 2 aromatic rings. The van der Waals surface area contributed by atoms with E-state index in [0.29, 0.717) is 5.56 Å². The molecule has 0 heterocycles. The number of carbonyl (C=O) groups is 3. The summed E-state index contributed by atoms with van der Waals surface area (Å²) in [6.07, 6.45) is -1.65. The van der Waals surface area contributed by atoms with E-state index >= 15 is 0 Å². The van der Waals surface area contributed by atoms with Crippen LogP contribution in [0.2, 0.25) is 0 Å². The molecule has 180 valence electrons. The fraction of sp³-hybridized carbons (Fsp3) is 0.261. The Kier molecular flexibility index (Phi) is 7.82. The van der Waals surface area contributed by atoms with Crippen LogP contribution in [-0.4, -0.2) is 57.5 Å². The fourth-order valence-corrected chi connectivity index (χ4v) is 3.49. The average molecular weight is 472 g/mol. The number of hydrogen-bond acceptors (Lipinski definition) is 6. The van der Waals surface area contributed by atoms with Crippen LogP contribution in [0.4, 0.5) is 14.9 Å². The van der Waals surface area contributed by atoms with E-state index in [1.165, 1.54) is 36.4 Å². The molecule has 11 heteroatoms. The molecule has 0 saturated heterocycles. The van der Waals surface area contributed by atoms with E-state index < -0.39 is 48.0 Å². The first-order chi connectivity index (χ1) is 16.1. The lowest BCUT2D eigenvalue weighted by Gasteiger charge is -2.31. The molecule has 0 radical (unpaired) electrons. The topological polar surface area (TPSA) is 174 Å². The van der Waals surface area contributed by atoms with Gasteiger partial charge in [0.1, 0.15) is 23.7 Å². The quantitative estimate of drug-likeness (QED) is 0.305. The summed E-state index contributed by atoms with van der Waals surface area (Å²) < 4.78 is 13.3. The summed E-state index contributed by atoms with van der Waals surface area (Å²) in [4.78, 5) is 36.9. The molecule has 0 fully saturated rings. The Bertz CT molecular complexity index is 1090. The number of aromatic hydroxyl groups is 1. The lowest BCUT2D eigenvalue weighted by atomic mass is 9.90. The third-order valence-electron chi connectivity index (χ3n) is 5.27. The minimum absolute atomic E-state index is 0.0332. The second-order valence-corrected chi connectivity index (χ2v) is 7.89. The molecule has 4 unspecified atom stereocenters. The maximum atomic E-state index is 13.3. The minimum atomic E-state index is -1.40. The Hall–Kier alpha value is -3.96. The third kappa shape index (κ3) is 6.53. The molecule has 3 rings (SSSR count). The zero-order valence-corrected chi connectivity index (χ0v) is 17.9. The first-order valence-corrected chi connectivity index (χ1v) is 10.4. The smallest absolute Gasteiger partial charge is 0.319 e. The number of phenolic OH excluding ortho intramolecular Hbond substituents is 1. The van der Waals surface area contributed by atoms with Gasteiger partial charge in [-0.25, -0.2) is 9.18 Å². The Morgan fingerprint density at radius 3 is 2.47 bits per heavy atom. The summed E-state index contributed by atoms with van der Waals surface area (Å²) in [5.74, 6) is -2.00. The molecule has 0 aliphatic heterocycles. The average Bonchev–Trinajstić information content (AvgIpc) is 2.77. The van der Waals surface area contributed by atoms with Crippen LogP contribution in [0, 0.1) is 5.82 Å². The number of primary amides is 1. The van der Waals surface area contributed by atoms with Gasteiger partial charge in [-0.3, -0.25) is 9.59 Å². The van der Waals surface area contributed by atoms with E-state index in [1.54, 1.807) is 12.1 Å². The van der Waals surface area contributed by atoms with Crippen molar-refractivity contribution in [3.8, 4) is 5.75 Å². The number of aliphatic hydroxyl groups excluding tert-OH is 2. The molecule has 0 bridgehead atoms. The number of amides is 4. The number of urea groups is 1. The van der Waals surface area contributed by atoms with Crippen LogP contribution in [0.15, 0.2) is 60.2 Å². The zero-order chi connectivity index (χ0) is 24.8. The van der Waals surface area contributed by atoms with Crippen molar-refractivity contribution in [3.05, 3.63) is 71.6 Å². The number of anilines is 1. The van der Waals surface area contributed by atoms with Crippen molar-refractivity contribution in [1.29, 1.82) is 0 Å². The summed E-state index contributed by atoms with van der Waals surface area (Å²) in [7, 11) is 0. The van der Waals surface area contributed by atoms with Gasteiger partial charge in [0.2, 0.25) is 11.8 Å². The first-order valence-electron chi connectivity index (χ1n) is 10.4. The fourth-order valence-electron chi connectivity index (χ4n) is 3.49. The predicted molar refractivity (Wildman–Crippen MR) is 120 cm³/mol. The number of halogens is 1. The van der Waals surface area contributed by atoms with Gasteiger partial charge in [0.15, 0.2) is 0 Å². The van der Waals surface area contributed by atoms with Gasteiger partial charge in [-0.2, -0.15) is 0 Å². The molecule has 1 aliphatic carbocycles. The summed E-state index contributed by atoms with van der Waals surface area (Å²) in [6, 6.07) is 8.18. The van der Waals surface area contributed by atoms with Crippen LogP contribution in [-0.2, 0) is 16.0 Å². The summed E-state index contributed by atoms with van der Waals surface area (Å²) in [6.45, 7) is 0. The summed E-state index contributed by atoms with van der Waals surface area (Å²) in [5.41, 5.74) is 6.26. The Labute approximate surface area is 194 Å². The standard InChI is InChI=1S/C23H25FN4O6/c24-14-2-1-3-15(11-14)26-23(34)28-17-9-13(10-19(30)20(17)31)22(33)27-18(21(25)32)8-12-4-6-16(29)7-5-12/h1-7,9,11,17-20,29-31H,8,10H2,(H2,25,32)(H,27,33)(H2,26,28,34). The third-order valence-corrected chi connectivity index (χ3v) is 5.27. The van der Waals surface area contributed by atoms with Crippen LogP contribution in [0.3, 0.4) is 0 Å². The maximum absolute atomic E-state index is 13.3. The normalized spacial score (nSPS) is 20.6. The van der Waals surface area contributed by atoms with E-state index in [9.17, 15) is 34.1 Å². The van der Waals surface area contributed by atoms with Gasteiger partial charge in [0, 0.05) is 24.1 Å². The summed E-state index contributed by atoms with van der Waals surface area (Å²) in [5, 5.41) is 37.2. The van der Waals surface area contributed by atoms with Crippen molar-refractivity contribution in [2.75, 3.05) is 5.32 Å². The molecule has 4 atom stereocenters. The van der Waals surface area contributed by atoms with Crippen molar-refractivity contribution in [2.45, 2.75) is 37.1 Å². The van der Waals surface area contributed by atoms with Crippen LogP contribution < -0.4 is 21.7 Å². The van der Waals surface area contributed by atoms with Gasteiger partial charge in [0.05, 0.1) is 12.1 Å². The monoisotopic (exact) mass is 472 g/mol. The van der Waals surface area contributed by atoms with Crippen LogP contribution in [0.25, 0.3) is 0 Å². The number of carbonyl (C=O) groups excluding carboxylic acids is 3. The van der Waals surface area contributed by atoms with Crippen molar-refractivity contribution in [2.24, 2.45) is 5.73 Å². The molecule has 0 aromatic heterocycles. The SMILES string of the molecule is NC(=O)C(Cc1ccc(O)cc1)NC(=O)C1=CC(NC(=O)Nc2cccc(F)c2)C(O)C(O)C1. The molecule has 34 heavy (non-hydrogen) atoms. The molecule has 4 amide bonds. The molecule has 0 spiro atoms. The Morgan fingerprint density at radius 2 is 1.82 bits per heavy atom. The van der Waals surface area contributed by atoms with Crippen molar-refractivity contribution >= 4 is 23.5 Å².